The van der Waals surface area contributed by atoms with Gasteiger partial charge in [-0.2, -0.15) is 0 Å². The first-order valence-electron chi connectivity index (χ1n) is 10.7. The molecule has 9 heteroatoms. The molecule has 0 spiro atoms. The number of allylic oxidation sites excluding steroid dienone is 2. The average Bonchev–Trinajstić information content (AvgIpc) is 2.85. The summed E-state index contributed by atoms with van der Waals surface area (Å²) >= 11 is 0. The van der Waals surface area contributed by atoms with Gasteiger partial charge in [-0.3, -0.25) is 0 Å². The summed E-state index contributed by atoms with van der Waals surface area (Å²) in [4.78, 5) is 24.4. The molecule has 0 saturated carbocycles. The van der Waals surface area contributed by atoms with Crippen molar-refractivity contribution in [2.45, 2.75) is 26.4 Å². The molecule has 1 aliphatic heterocycles. The summed E-state index contributed by atoms with van der Waals surface area (Å²) in [5.74, 6) is 0.169. The van der Waals surface area contributed by atoms with Crippen LogP contribution in [0.1, 0.15) is 30.9 Å². The maximum Gasteiger partial charge on any atom is 0.513 e. The van der Waals surface area contributed by atoms with Gasteiger partial charge in [0.05, 0.1) is 25.1 Å². The minimum absolute atomic E-state index is 0.0282. The first kappa shape index (κ1) is 24.7. The summed E-state index contributed by atoms with van der Waals surface area (Å²) in [5, 5.41) is 14.5. The monoisotopic (exact) mass is 468 g/mol. The van der Waals surface area contributed by atoms with Crippen molar-refractivity contribution in [3.05, 3.63) is 88.6 Å². The van der Waals surface area contributed by atoms with E-state index in [1.165, 1.54) is 7.11 Å². The summed E-state index contributed by atoms with van der Waals surface area (Å²) in [7, 11) is 1.21. The number of amides is 1. The number of carbonyl (C=O) groups is 2. The average molecular weight is 469 g/mol. The van der Waals surface area contributed by atoms with E-state index in [9.17, 15) is 9.59 Å². The van der Waals surface area contributed by atoms with Crippen LogP contribution in [0.4, 0.5) is 9.59 Å². The molecule has 34 heavy (non-hydrogen) atoms. The van der Waals surface area contributed by atoms with Gasteiger partial charge in [0.1, 0.15) is 29.8 Å². The highest BCUT2D eigenvalue weighted by molar-refractivity contribution is 5.70. The predicted octanol–water partition coefficient (Wildman–Crippen LogP) is 3.92. The molecule has 0 saturated heterocycles. The minimum atomic E-state index is -0.910. The van der Waals surface area contributed by atoms with Crippen LogP contribution < -0.4 is 15.4 Å². The third kappa shape index (κ3) is 6.08. The van der Waals surface area contributed by atoms with E-state index in [0.717, 1.165) is 5.56 Å². The highest BCUT2D eigenvalue weighted by atomic mass is 16.7. The van der Waals surface area contributed by atoms with Gasteiger partial charge in [-0.25, -0.2) is 9.59 Å². The van der Waals surface area contributed by atoms with Gasteiger partial charge in [0, 0.05) is 12.1 Å². The Morgan fingerprint density at radius 2 is 1.62 bits per heavy atom. The fourth-order valence-corrected chi connectivity index (χ4v) is 3.52. The number of alkyl carbamates (subject to hydrolysis) is 1. The Hall–Kier alpha value is -3.98. The first-order valence-corrected chi connectivity index (χ1v) is 10.7. The molecule has 2 aromatic carbocycles. The largest absolute Gasteiger partial charge is 0.513 e. The summed E-state index contributed by atoms with van der Waals surface area (Å²) in [6.07, 6.45) is -1.66. The van der Waals surface area contributed by atoms with E-state index < -0.39 is 18.2 Å². The molecule has 1 amide bonds. The van der Waals surface area contributed by atoms with Crippen molar-refractivity contribution < 1.29 is 33.6 Å². The van der Waals surface area contributed by atoms with Crippen LogP contribution >= 0.6 is 0 Å². The molecule has 0 fully saturated rings. The quantitative estimate of drug-likeness (QED) is 0.500. The second-order valence-corrected chi connectivity index (χ2v) is 7.44. The molecular weight excluding hydrogens is 440 g/mol. The van der Waals surface area contributed by atoms with Gasteiger partial charge in [-0.15, -0.1) is 0 Å². The number of benzene rings is 2. The van der Waals surface area contributed by atoms with E-state index >= 15 is 0 Å². The number of nitrogens with one attached hydrogen (secondary N) is 2. The zero-order valence-corrected chi connectivity index (χ0v) is 19.3. The molecule has 0 aromatic heterocycles. The van der Waals surface area contributed by atoms with Crippen molar-refractivity contribution in [3.8, 4) is 5.75 Å². The Morgan fingerprint density at radius 1 is 0.971 bits per heavy atom. The lowest BCUT2D eigenvalue weighted by molar-refractivity contribution is 0.0885. The molecule has 1 aliphatic rings. The summed E-state index contributed by atoms with van der Waals surface area (Å²) in [6.45, 7) is 3.59. The third-order valence-corrected chi connectivity index (χ3v) is 5.05. The smallest absolute Gasteiger partial charge is 0.489 e. The third-order valence-electron chi connectivity index (χ3n) is 5.05. The molecule has 1 heterocycles. The Balaban J connectivity index is 2.01. The molecule has 1 unspecified atom stereocenters. The maximum absolute atomic E-state index is 12.4. The highest BCUT2D eigenvalue weighted by Crippen LogP contribution is 2.43. The number of ether oxygens (including phenoxy) is 4. The Morgan fingerprint density at radius 3 is 2.29 bits per heavy atom. The summed E-state index contributed by atoms with van der Waals surface area (Å²) in [5.41, 5.74) is 2.71. The van der Waals surface area contributed by atoms with Crippen LogP contribution in [0.15, 0.2) is 77.5 Å². The van der Waals surface area contributed by atoms with E-state index in [2.05, 4.69) is 10.6 Å². The minimum Gasteiger partial charge on any atom is -0.489 e. The summed E-state index contributed by atoms with van der Waals surface area (Å²) < 4.78 is 21.9. The molecular formula is C25H28N2O7. The van der Waals surface area contributed by atoms with Crippen LogP contribution in [0.25, 0.3) is 0 Å². The van der Waals surface area contributed by atoms with Crippen LogP contribution in [0.5, 0.6) is 5.75 Å². The second-order valence-electron chi connectivity index (χ2n) is 7.44. The lowest BCUT2D eigenvalue weighted by Gasteiger charge is -2.31. The van der Waals surface area contributed by atoms with Crippen LogP contribution in [-0.2, 0) is 20.8 Å². The van der Waals surface area contributed by atoms with Crippen molar-refractivity contribution in [1.29, 1.82) is 0 Å². The number of para-hydroxylation sites is 1. The fraction of sp³-hybridized carbons (Fsp3) is 0.280. The molecule has 3 N–H and O–H groups in total. The van der Waals surface area contributed by atoms with E-state index in [0.29, 0.717) is 29.3 Å². The van der Waals surface area contributed by atoms with Gasteiger partial charge in [-0.05, 0) is 25.5 Å². The van der Waals surface area contributed by atoms with Crippen molar-refractivity contribution in [3.63, 3.8) is 0 Å². The predicted molar refractivity (Wildman–Crippen MR) is 124 cm³/mol. The van der Waals surface area contributed by atoms with Gasteiger partial charge >= 0.3 is 12.2 Å². The van der Waals surface area contributed by atoms with Crippen molar-refractivity contribution in [2.24, 2.45) is 0 Å². The van der Waals surface area contributed by atoms with Gasteiger partial charge in [0.25, 0.3) is 0 Å². The number of carbonyl (C=O) groups excluding carboxylic acids is 2. The number of aliphatic hydroxyl groups is 1. The van der Waals surface area contributed by atoms with E-state index in [1.54, 1.807) is 19.9 Å². The topological polar surface area (TPSA) is 115 Å². The highest BCUT2D eigenvalue weighted by Gasteiger charge is 2.36. The van der Waals surface area contributed by atoms with Crippen LogP contribution in [-0.4, -0.2) is 37.6 Å². The lowest BCUT2D eigenvalue weighted by Crippen LogP contribution is -2.33. The molecule has 0 radical (unpaired) electrons. The molecule has 2 aromatic rings. The number of aliphatic hydroxyl groups excluding tert-OH is 1. The van der Waals surface area contributed by atoms with Gasteiger partial charge < -0.3 is 34.7 Å². The van der Waals surface area contributed by atoms with E-state index in [4.69, 9.17) is 24.1 Å². The Bertz CT molecular complexity index is 1080. The SMILES string of the molecule is COC(=O)OC1=C(C)NC(C)=C(OC(=O)NCCO)C1c1ccccc1OCc1ccccc1. The van der Waals surface area contributed by atoms with E-state index in [1.807, 2.05) is 48.5 Å². The molecule has 0 bridgehead atoms. The molecule has 1 atom stereocenters. The zero-order chi connectivity index (χ0) is 24.5. The molecule has 3 rings (SSSR count). The first-order chi connectivity index (χ1) is 16.4. The van der Waals surface area contributed by atoms with Crippen LogP contribution in [0, 0.1) is 0 Å². The second kappa shape index (κ2) is 11.8. The van der Waals surface area contributed by atoms with Crippen LogP contribution in [0.3, 0.4) is 0 Å². The zero-order valence-electron chi connectivity index (χ0n) is 19.3. The van der Waals surface area contributed by atoms with Gasteiger partial charge in [0.15, 0.2) is 0 Å². The number of dihydropyridines is 1. The van der Waals surface area contributed by atoms with Crippen molar-refractivity contribution in [1.82, 2.24) is 10.6 Å². The fourth-order valence-electron chi connectivity index (χ4n) is 3.52. The van der Waals surface area contributed by atoms with Gasteiger partial charge in [-0.1, -0.05) is 48.5 Å². The van der Waals surface area contributed by atoms with Crippen molar-refractivity contribution >= 4 is 12.2 Å². The van der Waals surface area contributed by atoms with Gasteiger partial charge in [0.2, 0.25) is 0 Å². The van der Waals surface area contributed by atoms with Crippen molar-refractivity contribution in [2.75, 3.05) is 20.3 Å². The number of hydrogen-bond donors (Lipinski definition) is 3. The Labute approximate surface area is 198 Å². The number of hydrogen-bond acceptors (Lipinski definition) is 8. The Kier molecular flexibility index (Phi) is 8.53. The normalized spacial score (nSPS) is 15.4. The maximum atomic E-state index is 12.4. The molecule has 180 valence electrons. The standard InChI is InChI=1S/C25H28N2O7/c1-16-22(33-24(29)26-13-14-28)21(23(17(2)27-16)34-25(30)31-3)19-11-7-8-12-20(19)32-15-18-9-5-4-6-10-18/h4-12,21,27-28H,13-15H2,1-3H3,(H,26,29). The molecule has 0 aliphatic carbocycles. The van der Waals surface area contributed by atoms with Crippen LogP contribution in [0.2, 0.25) is 0 Å². The number of methoxy groups -OCH3 is 1. The van der Waals surface area contributed by atoms with E-state index in [-0.39, 0.29) is 24.7 Å². The molecule has 9 nitrogen and oxygen atoms in total. The summed E-state index contributed by atoms with van der Waals surface area (Å²) in [6, 6.07) is 16.9. The number of rotatable bonds is 8. The lowest BCUT2D eigenvalue weighted by atomic mass is 9.90.